The Bertz CT molecular complexity index is 356. The molecule has 1 rings (SSSR count). The van der Waals surface area contributed by atoms with Crippen LogP contribution in [0.15, 0.2) is 6.33 Å². The van der Waals surface area contributed by atoms with Crippen LogP contribution in [-0.4, -0.2) is 21.9 Å². The molecule has 76 valence electrons. The molecule has 1 aromatic rings. The Balaban J connectivity index is 2.87. The van der Waals surface area contributed by atoms with E-state index in [4.69, 9.17) is 28.9 Å². The summed E-state index contributed by atoms with van der Waals surface area (Å²) in [5.41, 5.74) is 5.34. The summed E-state index contributed by atoms with van der Waals surface area (Å²) in [4.78, 5) is 18.6. The minimum atomic E-state index is -0.639. The van der Waals surface area contributed by atoms with Crippen LogP contribution in [0.4, 0.5) is 5.82 Å². The minimum absolute atomic E-state index is 0.0849. The number of nitrogens with one attached hydrogen (secondary N) is 1. The van der Waals surface area contributed by atoms with Crippen LogP contribution in [0.2, 0.25) is 10.2 Å². The van der Waals surface area contributed by atoms with E-state index in [0.29, 0.717) is 0 Å². The van der Waals surface area contributed by atoms with E-state index in [2.05, 4.69) is 15.3 Å². The van der Waals surface area contributed by atoms with Crippen molar-refractivity contribution in [3.63, 3.8) is 0 Å². The van der Waals surface area contributed by atoms with E-state index in [1.54, 1.807) is 6.92 Å². The molecule has 0 aliphatic carbocycles. The van der Waals surface area contributed by atoms with E-state index in [1.807, 2.05) is 0 Å². The molecule has 5 nitrogen and oxygen atoms in total. The van der Waals surface area contributed by atoms with Gasteiger partial charge in [-0.1, -0.05) is 23.2 Å². The molecule has 0 saturated carbocycles. The normalized spacial score (nSPS) is 12.3. The van der Waals surface area contributed by atoms with Gasteiger partial charge in [0.05, 0.1) is 6.04 Å². The molecule has 0 fully saturated rings. The summed E-state index contributed by atoms with van der Waals surface area (Å²) in [6, 6.07) is -0.639. The number of hydrogen-bond donors (Lipinski definition) is 2. The predicted octanol–water partition coefficient (Wildman–Crippen LogP) is 1.07. The summed E-state index contributed by atoms with van der Waals surface area (Å²) in [5, 5.41) is 2.60. The highest BCUT2D eigenvalue weighted by Gasteiger charge is 2.12. The predicted molar refractivity (Wildman–Crippen MR) is 54.3 cm³/mol. The topological polar surface area (TPSA) is 80.9 Å². The van der Waals surface area contributed by atoms with Crippen LogP contribution in [0.5, 0.6) is 0 Å². The van der Waals surface area contributed by atoms with Gasteiger partial charge in [-0.2, -0.15) is 0 Å². The number of nitrogens with zero attached hydrogens (tertiary/aromatic N) is 2. The molecule has 0 aromatic carbocycles. The molecule has 0 aliphatic rings. The quantitative estimate of drug-likeness (QED) is 0.751. The third-order valence-electron chi connectivity index (χ3n) is 1.40. The van der Waals surface area contributed by atoms with Crippen molar-refractivity contribution in [2.45, 2.75) is 13.0 Å². The maximum absolute atomic E-state index is 11.2. The molecule has 0 unspecified atom stereocenters. The molecule has 3 N–H and O–H groups in total. The Morgan fingerprint density at radius 3 is 2.79 bits per heavy atom. The zero-order chi connectivity index (χ0) is 10.7. The summed E-state index contributed by atoms with van der Waals surface area (Å²) in [6.45, 7) is 1.55. The number of anilines is 1. The molecule has 14 heavy (non-hydrogen) atoms. The third kappa shape index (κ3) is 2.54. The number of halogens is 2. The van der Waals surface area contributed by atoms with Gasteiger partial charge in [0.25, 0.3) is 0 Å². The average Bonchev–Trinajstić information content (AvgIpc) is 2.12. The van der Waals surface area contributed by atoms with Crippen molar-refractivity contribution in [2.24, 2.45) is 5.73 Å². The van der Waals surface area contributed by atoms with Crippen LogP contribution in [0.1, 0.15) is 6.92 Å². The first-order chi connectivity index (χ1) is 6.52. The molecule has 1 aromatic heterocycles. The second kappa shape index (κ2) is 4.54. The zero-order valence-corrected chi connectivity index (χ0v) is 8.80. The van der Waals surface area contributed by atoms with Crippen LogP contribution in [0.25, 0.3) is 0 Å². The SMILES string of the molecule is C[C@@H](N)C(=O)Nc1ncnc(Cl)c1Cl. The van der Waals surface area contributed by atoms with Gasteiger partial charge in [0.2, 0.25) is 5.91 Å². The standard InChI is InChI=1S/C7H8Cl2N4O/c1-3(10)7(14)13-6-4(8)5(9)11-2-12-6/h2-3H,10H2,1H3,(H,11,12,13,14)/t3-/m1/s1. The number of carbonyl (C=O) groups is 1. The third-order valence-corrected chi connectivity index (χ3v) is 2.14. The number of amides is 1. The number of nitrogens with two attached hydrogens (primary N) is 1. The van der Waals surface area contributed by atoms with Gasteiger partial charge in [-0.25, -0.2) is 9.97 Å². The molecule has 1 heterocycles. The van der Waals surface area contributed by atoms with Crippen molar-refractivity contribution >= 4 is 34.9 Å². The maximum Gasteiger partial charge on any atom is 0.242 e. The maximum atomic E-state index is 11.2. The fourth-order valence-electron chi connectivity index (χ4n) is 0.666. The Labute approximate surface area is 90.6 Å². The van der Waals surface area contributed by atoms with Crippen LogP contribution >= 0.6 is 23.2 Å². The lowest BCUT2D eigenvalue weighted by Crippen LogP contribution is -2.32. The van der Waals surface area contributed by atoms with Gasteiger partial charge in [-0.05, 0) is 6.92 Å². The molecule has 0 aliphatic heterocycles. The van der Waals surface area contributed by atoms with Crippen molar-refractivity contribution < 1.29 is 4.79 Å². The highest BCUT2D eigenvalue weighted by atomic mass is 35.5. The van der Waals surface area contributed by atoms with Gasteiger partial charge in [0, 0.05) is 0 Å². The number of hydrogen-bond acceptors (Lipinski definition) is 4. The lowest BCUT2D eigenvalue weighted by atomic mass is 10.3. The summed E-state index contributed by atoms with van der Waals surface area (Å²) >= 11 is 11.3. The van der Waals surface area contributed by atoms with Gasteiger partial charge >= 0.3 is 0 Å². The van der Waals surface area contributed by atoms with E-state index in [0.717, 1.165) is 0 Å². The first kappa shape index (κ1) is 11.2. The van der Waals surface area contributed by atoms with Crippen molar-refractivity contribution in [1.82, 2.24) is 9.97 Å². The zero-order valence-electron chi connectivity index (χ0n) is 7.29. The first-order valence-electron chi connectivity index (χ1n) is 3.75. The molecule has 0 radical (unpaired) electrons. The summed E-state index contributed by atoms with van der Waals surface area (Å²) in [6.07, 6.45) is 1.20. The van der Waals surface area contributed by atoms with Gasteiger partial charge in [0.15, 0.2) is 11.0 Å². The summed E-state index contributed by atoms with van der Waals surface area (Å²) in [5.74, 6) is -0.226. The lowest BCUT2D eigenvalue weighted by molar-refractivity contribution is -0.117. The van der Waals surface area contributed by atoms with Crippen molar-refractivity contribution in [3.8, 4) is 0 Å². The molecule has 7 heteroatoms. The Kier molecular flexibility index (Phi) is 3.62. The summed E-state index contributed by atoms with van der Waals surface area (Å²) < 4.78 is 0. The number of rotatable bonds is 2. The minimum Gasteiger partial charge on any atom is -0.320 e. The molecule has 0 bridgehead atoms. The lowest BCUT2D eigenvalue weighted by Gasteiger charge is -2.07. The molecule has 0 saturated heterocycles. The Morgan fingerprint density at radius 2 is 2.21 bits per heavy atom. The summed E-state index contributed by atoms with van der Waals surface area (Å²) in [7, 11) is 0. The number of aromatic nitrogens is 2. The van der Waals surface area contributed by atoms with Crippen LogP contribution < -0.4 is 11.1 Å². The Hall–Kier alpha value is -0.910. The fraction of sp³-hybridized carbons (Fsp3) is 0.286. The van der Waals surface area contributed by atoms with E-state index < -0.39 is 6.04 Å². The number of carbonyl (C=O) groups excluding carboxylic acids is 1. The molecule has 1 amide bonds. The van der Waals surface area contributed by atoms with Crippen molar-refractivity contribution in [3.05, 3.63) is 16.5 Å². The smallest absolute Gasteiger partial charge is 0.242 e. The monoisotopic (exact) mass is 234 g/mol. The average molecular weight is 235 g/mol. The van der Waals surface area contributed by atoms with E-state index in [-0.39, 0.29) is 21.9 Å². The first-order valence-corrected chi connectivity index (χ1v) is 4.50. The van der Waals surface area contributed by atoms with Crippen LogP contribution in [0.3, 0.4) is 0 Å². The fourth-order valence-corrected chi connectivity index (χ4v) is 0.944. The highest BCUT2D eigenvalue weighted by Crippen LogP contribution is 2.25. The molecular weight excluding hydrogens is 227 g/mol. The molecular formula is C7H8Cl2N4O. The molecule has 1 atom stereocenters. The van der Waals surface area contributed by atoms with E-state index >= 15 is 0 Å². The highest BCUT2D eigenvalue weighted by molar-refractivity contribution is 6.42. The van der Waals surface area contributed by atoms with Crippen LogP contribution in [-0.2, 0) is 4.79 Å². The van der Waals surface area contributed by atoms with Gasteiger partial charge in [0.1, 0.15) is 11.3 Å². The molecule has 0 spiro atoms. The largest absolute Gasteiger partial charge is 0.320 e. The van der Waals surface area contributed by atoms with Crippen LogP contribution in [0, 0.1) is 0 Å². The van der Waals surface area contributed by atoms with Crippen molar-refractivity contribution in [2.75, 3.05) is 5.32 Å². The second-order valence-corrected chi connectivity index (χ2v) is 3.34. The van der Waals surface area contributed by atoms with E-state index in [1.165, 1.54) is 6.33 Å². The van der Waals surface area contributed by atoms with Crippen molar-refractivity contribution in [1.29, 1.82) is 0 Å². The van der Waals surface area contributed by atoms with E-state index in [9.17, 15) is 4.79 Å². The van der Waals surface area contributed by atoms with Gasteiger partial charge < -0.3 is 11.1 Å². The second-order valence-electron chi connectivity index (χ2n) is 2.60. The van der Waals surface area contributed by atoms with Gasteiger partial charge in [-0.15, -0.1) is 0 Å². The van der Waals surface area contributed by atoms with Gasteiger partial charge in [-0.3, -0.25) is 4.79 Å². The Morgan fingerprint density at radius 1 is 1.57 bits per heavy atom.